The van der Waals surface area contributed by atoms with Crippen molar-refractivity contribution in [3.8, 4) is 5.75 Å². The topological polar surface area (TPSA) is 58.2 Å². The summed E-state index contributed by atoms with van der Waals surface area (Å²) in [5, 5.41) is 1.62. The Bertz CT molecular complexity index is 946. The first-order valence-electron chi connectivity index (χ1n) is 9.56. The first-order chi connectivity index (χ1) is 13.2. The van der Waals surface area contributed by atoms with Crippen LogP contribution in [0.4, 0.5) is 0 Å². The van der Waals surface area contributed by atoms with Crippen LogP contribution >= 0.6 is 0 Å². The second-order valence-electron chi connectivity index (χ2n) is 7.38. The lowest BCUT2D eigenvalue weighted by Gasteiger charge is -2.34. The molecular formula is C22H25N3O2. The summed E-state index contributed by atoms with van der Waals surface area (Å²) in [5.74, 6) is 0.847. The number of nitrogens with one attached hydrogen (secondary N) is 1. The molecule has 5 nitrogen and oxygen atoms in total. The highest BCUT2D eigenvalue weighted by molar-refractivity contribution is 5.82. The zero-order valence-electron chi connectivity index (χ0n) is 15.6. The van der Waals surface area contributed by atoms with Crippen molar-refractivity contribution < 1.29 is 4.74 Å². The average Bonchev–Trinajstić information content (AvgIpc) is 2.69. The van der Waals surface area contributed by atoms with Crippen molar-refractivity contribution >= 4 is 10.8 Å². The number of aromatic amines is 1. The molecule has 0 bridgehead atoms. The fourth-order valence-electron chi connectivity index (χ4n) is 3.95. The van der Waals surface area contributed by atoms with Crippen LogP contribution in [-0.4, -0.2) is 34.1 Å². The Hall–Kier alpha value is -2.66. The predicted octanol–water partition coefficient (Wildman–Crippen LogP) is 3.75. The molecule has 4 rings (SSSR count). The van der Waals surface area contributed by atoms with Gasteiger partial charge in [-0.2, -0.15) is 0 Å². The minimum absolute atomic E-state index is 0.0591. The molecule has 0 spiro atoms. The standard InChI is InChI=1S/C22H25N3O2/c1-25(15-16-3-2-11-23-14-16)18-4-6-19(7-5-18)27-20-8-9-21-17(13-20)10-12-24-22(21)26/h2-3,8-14,18-19H,4-7,15H2,1H3,(H,24,26). The first-order valence-corrected chi connectivity index (χ1v) is 9.56. The van der Waals surface area contributed by atoms with Crippen molar-refractivity contribution in [2.24, 2.45) is 0 Å². The van der Waals surface area contributed by atoms with Crippen LogP contribution in [-0.2, 0) is 6.54 Å². The van der Waals surface area contributed by atoms with Crippen LogP contribution in [0.25, 0.3) is 10.8 Å². The van der Waals surface area contributed by atoms with E-state index in [4.69, 9.17) is 4.74 Å². The fourth-order valence-corrected chi connectivity index (χ4v) is 3.95. The van der Waals surface area contributed by atoms with Gasteiger partial charge in [0.15, 0.2) is 0 Å². The molecule has 1 N–H and O–H groups in total. The van der Waals surface area contributed by atoms with Crippen LogP contribution in [0.2, 0.25) is 0 Å². The molecule has 0 unspecified atom stereocenters. The molecule has 5 heteroatoms. The number of rotatable bonds is 5. The summed E-state index contributed by atoms with van der Waals surface area (Å²) in [7, 11) is 2.19. The van der Waals surface area contributed by atoms with Gasteiger partial charge in [0, 0.05) is 36.6 Å². The zero-order valence-corrected chi connectivity index (χ0v) is 15.6. The van der Waals surface area contributed by atoms with Crippen LogP contribution in [0.5, 0.6) is 5.75 Å². The highest BCUT2D eigenvalue weighted by Gasteiger charge is 2.25. The minimum Gasteiger partial charge on any atom is -0.490 e. The molecule has 1 aliphatic rings. The Labute approximate surface area is 159 Å². The number of aromatic nitrogens is 2. The largest absolute Gasteiger partial charge is 0.490 e. The van der Waals surface area contributed by atoms with E-state index in [0.717, 1.165) is 43.4 Å². The number of hydrogen-bond acceptors (Lipinski definition) is 4. The number of H-pyrrole nitrogens is 1. The highest BCUT2D eigenvalue weighted by Crippen LogP contribution is 2.28. The van der Waals surface area contributed by atoms with Crippen molar-refractivity contribution in [3.05, 3.63) is 70.9 Å². The van der Waals surface area contributed by atoms with Gasteiger partial charge in [0.25, 0.3) is 5.56 Å². The lowest BCUT2D eigenvalue weighted by molar-refractivity contribution is 0.0978. The number of ether oxygens (including phenoxy) is 1. The van der Waals surface area contributed by atoms with E-state index in [1.54, 1.807) is 6.20 Å². The molecule has 1 fully saturated rings. The van der Waals surface area contributed by atoms with Gasteiger partial charge in [-0.3, -0.25) is 14.7 Å². The van der Waals surface area contributed by atoms with Crippen molar-refractivity contribution in [2.75, 3.05) is 7.05 Å². The lowest BCUT2D eigenvalue weighted by Crippen LogP contribution is -2.37. The third-order valence-electron chi connectivity index (χ3n) is 5.47. The van der Waals surface area contributed by atoms with Gasteiger partial charge in [-0.1, -0.05) is 6.07 Å². The van der Waals surface area contributed by atoms with Gasteiger partial charge in [-0.25, -0.2) is 0 Å². The Morgan fingerprint density at radius 1 is 1.19 bits per heavy atom. The average molecular weight is 363 g/mol. The Balaban J connectivity index is 1.33. The van der Waals surface area contributed by atoms with E-state index in [1.807, 2.05) is 42.7 Å². The third-order valence-corrected chi connectivity index (χ3v) is 5.47. The highest BCUT2D eigenvalue weighted by atomic mass is 16.5. The van der Waals surface area contributed by atoms with E-state index in [1.165, 1.54) is 5.56 Å². The molecule has 0 aliphatic heterocycles. The molecular weight excluding hydrogens is 338 g/mol. The minimum atomic E-state index is -0.0591. The van der Waals surface area contributed by atoms with Crippen LogP contribution in [0.1, 0.15) is 31.2 Å². The zero-order chi connectivity index (χ0) is 18.6. The second kappa shape index (κ2) is 7.92. The van der Waals surface area contributed by atoms with Gasteiger partial charge in [0.2, 0.25) is 0 Å². The van der Waals surface area contributed by atoms with E-state index in [9.17, 15) is 4.79 Å². The van der Waals surface area contributed by atoms with Crippen LogP contribution in [0, 0.1) is 0 Å². The summed E-state index contributed by atoms with van der Waals surface area (Å²) in [6.45, 7) is 0.934. The third kappa shape index (κ3) is 4.19. The van der Waals surface area contributed by atoms with E-state index in [-0.39, 0.29) is 11.7 Å². The maximum Gasteiger partial charge on any atom is 0.255 e. The number of benzene rings is 1. The van der Waals surface area contributed by atoms with E-state index >= 15 is 0 Å². The van der Waals surface area contributed by atoms with Gasteiger partial charge in [-0.15, -0.1) is 0 Å². The molecule has 2 aromatic heterocycles. The normalized spacial score (nSPS) is 20.1. The van der Waals surface area contributed by atoms with E-state index in [2.05, 4.69) is 28.0 Å². The van der Waals surface area contributed by atoms with E-state index in [0.29, 0.717) is 11.4 Å². The Morgan fingerprint density at radius 2 is 2.04 bits per heavy atom. The summed E-state index contributed by atoms with van der Waals surface area (Å²) in [6, 6.07) is 12.3. The quantitative estimate of drug-likeness (QED) is 0.750. The summed E-state index contributed by atoms with van der Waals surface area (Å²) in [6.07, 6.45) is 10.0. The Kier molecular flexibility index (Phi) is 5.21. The molecule has 1 aliphatic carbocycles. The number of nitrogens with zero attached hydrogens (tertiary/aromatic N) is 2. The lowest BCUT2D eigenvalue weighted by atomic mass is 9.92. The smallest absolute Gasteiger partial charge is 0.255 e. The Morgan fingerprint density at radius 3 is 2.81 bits per heavy atom. The maximum absolute atomic E-state index is 11.8. The van der Waals surface area contributed by atoms with Crippen molar-refractivity contribution in [3.63, 3.8) is 0 Å². The van der Waals surface area contributed by atoms with Crippen molar-refractivity contribution in [2.45, 2.75) is 44.4 Å². The molecule has 0 amide bonds. The van der Waals surface area contributed by atoms with Gasteiger partial charge in [-0.05, 0) is 74.0 Å². The summed E-state index contributed by atoms with van der Waals surface area (Å²) < 4.78 is 6.21. The molecule has 27 heavy (non-hydrogen) atoms. The molecule has 2 heterocycles. The van der Waals surface area contributed by atoms with Crippen LogP contribution in [0.15, 0.2) is 59.8 Å². The second-order valence-corrected chi connectivity index (χ2v) is 7.38. The van der Waals surface area contributed by atoms with Gasteiger partial charge < -0.3 is 9.72 Å². The molecule has 1 saturated carbocycles. The molecule has 0 saturated heterocycles. The SMILES string of the molecule is CN(Cc1cccnc1)C1CCC(Oc2ccc3c(=O)[nH]ccc3c2)CC1. The molecule has 140 valence electrons. The fraction of sp³-hybridized carbons (Fsp3) is 0.364. The maximum atomic E-state index is 11.8. The van der Waals surface area contributed by atoms with Gasteiger partial charge in [0.1, 0.15) is 5.75 Å². The molecule has 0 atom stereocenters. The van der Waals surface area contributed by atoms with Crippen LogP contribution < -0.4 is 10.3 Å². The number of hydrogen-bond donors (Lipinski definition) is 1. The molecule has 1 aromatic carbocycles. The number of pyridine rings is 2. The van der Waals surface area contributed by atoms with Gasteiger partial charge in [0.05, 0.1) is 6.10 Å². The molecule has 3 aromatic rings. The monoisotopic (exact) mass is 363 g/mol. The summed E-state index contributed by atoms with van der Waals surface area (Å²) >= 11 is 0. The first kappa shape index (κ1) is 17.7. The predicted molar refractivity (Wildman–Crippen MR) is 107 cm³/mol. The van der Waals surface area contributed by atoms with Crippen molar-refractivity contribution in [1.82, 2.24) is 14.9 Å². The van der Waals surface area contributed by atoms with Gasteiger partial charge >= 0.3 is 0 Å². The number of fused-ring (bicyclic) bond motifs is 1. The van der Waals surface area contributed by atoms with Crippen molar-refractivity contribution in [1.29, 1.82) is 0 Å². The summed E-state index contributed by atoms with van der Waals surface area (Å²) in [4.78, 5) is 21.1. The van der Waals surface area contributed by atoms with E-state index < -0.39 is 0 Å². The summed E-state index contributed by atoms with van der Waals surface area (Å²) in [5.41, 5.74) is 1.20. The van der Waals surface area contributed by atoms with Crippen LogP contribution in [0.3, 0.4) is 0 Å². The molecule has 0 radical (unpaired) electrons.